The molecule has 31 heavy (non-hydrogen) atoms. The quantitative estimate of drug-likeness (QED) is 0.702. The number of nitrogens with one attached hydrogen (secondary N) is 1. The summed E-state index contributed by atoms with van der Waals surface area (Å²) in [4.78, 5) is 2.26. The van der Waals surface area contributed by atoms with E-state index in [2.05, 4.69) is 58.0 Å². The predicted octanol–water partition coefficient (Wildman–Crippen LogP) is 2.79. The topological polar surface area (TPSA) is 64.4 Å². The highest BCUT2D eigenvalue weighted by Gasteiger charge is 2.48. The smallest absolute Gasteiger partial charge is 0.110 e. The Morgan fingerprint density at radius 3 is 2.68 bits per heavy atom. The summed E-state index contributed by atoms with van der Waals surface area (Å²) in [6.45, 7) is 4.11. The summed E-state index contributed by atoms with van der Waals surface area (Å²) >= 11 is 0. The zero-order chi connectivity index (χ0) is 21.0. The molecule has 7 nitrogen and oxygen atoms in total. The van der Waals surface area contributed by atoms with E-state index >= 15 is 0 Å². The highest BCUT2D eigenvalue weighted by atomic mass is 16.6. The zero-order valence-corrected chi connectivity index (χ0v) is 18.5. The summed E-state index contributed by atoms with van der Waals surface area (Å²) in [5, 5.41) is 12.6. The normalized spacial score (nSPS) is 29.0. The van der Waals surface area contributed by atoms with E-state index in [0.29, 0.717) is 6.61 Å². The van der Waals surface area contributed by atoms with Crippen LogP contribution < -0.4 is 5.32 Å². The number of hydrogen-bond donors (Lipinski definition) is 1. The van der Waals surface area contributed by atoms with Crippen molar-refractivity contribution in [3.8, 4) is 0 Å². The number of hydrogen-bond acceptors (Lipinski definition) is 6. The Morgan fingerprint density at radius 2 is 1.84 bits per heavy atom. The van der Waals surface area contributed by atoms with Crippen LogP contribution in [0.1, 0.15) is 49.4 Å². The van der Waals surface area contributed by atoms with Crippen molar-refractivity contribution >= 4 is 0 Å². The molecule has 3 fully saturated rings. The van der Waals surface area contributed by atoms with Crippen LogP contribution in [0.25, 0.3) is 0 Å². The van der Waals surface area contributed by atoms with Crippen molar-refractivity contribution < 1.29 is 9.47 Å². The van der Waals surface area contributed by atoms with E-state index in [9.17, 15) is 0 Å². The summed E-state index contributed by atoms with van der Waals surface area (Å²) < 4.78 is 14.3. The molecule has 1 aromatic heterocycles. The van der Waals surface area contributed by atoms with Gasteiger partial charge in [0.05, 0.1) is 31.1 Å². The molecule has 1 N–H and O–H groups in total. The Hall–Kier alpha value is -1.80. The Morgan fingerprint density at radius 1 is 1.03 bits per heavy atom. The number of aromatic nitrogens is 3. The zero-order valence-electron chi connectivity index (χ0n) is 18.5. The van der Waals surface area contributed by atoms with Gasteiger partial charge in [0.25, 0.3) is 0 Å². The minimum Gasteiger partial charge on any atom is -0.371 e. The Labute approximate surface area is 185 Å². The van der Waals surface area contributed by atoms with Gasteiger partial charge in [-0.15, -0.1) is 5.10 Å². The van der Waals surface area contributed by atoms with Crippen LogP contribution in [0, 0.1) is 5.92 Å². The molecule has 3 aliphatic rings. The lowest BCUT2D eigenvalue weighted by molar-refractivity contribution is 0.0618. The molecule has 1 aliphatic carbocycles. The standard InChI is InChI=1S/C24H35N5O2/c1-28(13-19-10-6-3-7-11-19)14-20-15-29(27-26-20)22-17-31-23-21(16-30-24(22)23)25-12-18-8-4-2-5-9-18/h3,6-7,10-11,15,18,21-25H,2,4-5,8-9,12-14,16-17H2,1H3. The van der Waals surface area contributed by atoms with Gasteiger partial charge in [-0.05, 0) is 37.9 Å². The largest absolute Gasteiger partial charge is 0.371 e. The van der Waals surface area contributed by atoms with Crippen LogP contribution in [0.2, 0.25) is 0 Å². The van der Waals surface area contributed by atoms with E-state index in [1.165, 1.54) is 37.7 Å². The van der Waals surface area contributed by atoms with Crippen molar-refractivity contribution in [2.45, 2.75) is 69.5 Å². The van der Waals surface area contributed by atoms with E-state index < -0.39 is 0 Å². The van der Waals surface area contributed by atoms with Gasteiger partial charge in [-0.25, -0.2) is 4.68 Å². The van der Waals surface area contributed by atoms with Gasteiger partial charge in [0.2, 0.25) is 0 Å². The first-order valence-corrected chi connectivity index (χ1v) is 11.9. The molecule has 2 saturated heterocycles. The highest BCUT2D eigenvalue weighted by molar-refractivity contribution is 5.14. The molecule has 1 aromatic carbocycles. The van der Waals surface area contributed by atoms with Gasteiger partial charge >= 0.3 is 0 Å². The molecule has 168 valence electrons. The summed E-state index contributed by atoms with van der Waals surface area (Å²) in [5.41, 5.74) is 2.28. The number of fused-ring (bicyclic) bond motifs is 1. The van der Waals surface area contributed by atoms with Gasteiger partial charge in [0, 0.05) is 13.1 Å². The molecular formula is C24H35N5O2. The monoisotopic (exact) mass is 425 g/mol. The van der Waals surface area contributed by atoms with Crippen molar-refractivity contribution in [1.29, 1.82) is 0 Å². The first-order chi connectivity index (χ1) is 15.3. The van der Waals surface area contributed by atoms with E-state index in [4.69, 9.17) is 9.47 Å². The maximum absolute atomic E-state index is 6.18. The average molecular weight is 426 g/mol. The second kappa shape index (κ2) is 9.77. The van der Waals surface area contributed by atoms with Crippen molar-refractivity contribution in [1.82, 2.24) is 25.2 Å². The summed E-state index contributed by atoms with van der Waals surface area (Å²) in [6.07, 6.45) is 9.12. The van der Waals surface area contributed by atoms with Crippen LogP contribution in [-0.4, -0.2) is 64.9 Å². The molecule has 2 aromatic rings. The first-order valence-electron chi connectivity index (χ1n) is 11.9. The molecule has 5 rings (SSSR count). The molecule has 0 radical (unpaired) electrons. The van der Waals surface area contributed by atoms with Crippen molar-refractivity contribution in [2.75, 3.05) is 26.8 Å². The lowest BCUT2D eigenvalue weighted by atomic mass is 9.89. The van der Waals surface area contributed by atoms with Crippen molar-refractivity contribution in [3.05, 3.63) is 47.8 Å². The van der Waals surface area contributed by atoms with Crippen LogP contribution in [0.3, 0.4) is 0 Å². The Balaban J connectivity index is 1.13. The molecule has 0 bridgehead atoms. The number of ether oxygens (including phenoxy) is 2. The fraction of sp³-hybridized carbons (Fsp3) is 0.667. The summed E-state index contributed by atoms with van der Waals surface area (Å²) in [6, 6.07) is 10.9. The lowest BCUT2D eigenvalue weighted by Crippen LogP contribution is -2.43. The van der Waals surface area contributed by atoms with E-state index in [1.807, 2.05) is 10.7 Å². The van der Waals surface area contributed by atoms with Gasteiger partial charge in [0.15, 0.2) is 0 Å². The maximum atomic E-state index is 6.18. The maximum Gasteiger partial charge on any atom is 0.110 e. The molecule has 7 heteroatoms. The molecule has 4 atom stereocenters. The van der Waals surface area contributed by atoms with Crippen LogP contribution in [0.5, 0.6) is 0 Å². The second-order valence-electron chi connectivity index (χ2n) is 9.53. The van der Waals surface area contributed by atoms with Gasteiger partial charge < -0.3 is 14.8 Å². The van der Waals surface area contributed by atoms with Gasteiger partial charge in [-0.3, -0.25) is 4.90 Å². The number of rotatable bonds is 8. The van der Waals surface area contributed by atoms with Crippen LogP contribution in [0.4, 0.5) is 0 Å². The van der Waals surface area contributed by atoms with E-state index in [0.717, 1.165) is 37.9 Å². The predicted molar refractivity (Wildman–Crippen MR) is 119 cm³/mol. The molecule has 4 unspecified atom stereocenters. The fourth-order valence-electron chi connectivity index (χ4n) is 5.37. The average Bonchev–Trinajstić information content (AvgIpc) is 3.51. The molecule has 3 heterocycles. The van der Waals surface area contributed by atoms with E-state index in [1.54, 1.807) is 0 Å². The third kappa shape index (κ3) is 5.00. The first kappa shape index (κ1) is 21.1. The van der Waals surface area contributed by atoms with Gasteiger partial charge in [-0.1, -0.05) is 54.8 Å². The molecule has 0 spiro atoms. The van der Waals surface area contributed by atoms with Crippen LogP contribution in [0.15, 0.2) is 36.5 Å². The molecular weight excluding hydrogens is 390 g/mol. The van der Waals surface area contributed by atoms with Crippen LogP contribution >= 0.6 is 0 Å². The number of nitrogens with zero attached hydrogens (tertiary/aromatic N) is 4. The second-order valence-corrected chi connectivity index (χ2v) is 9.53. The Bertz CT molecular complexity index is 822. The van der Waals surface area contributed by atoms with Crippen LogP contribution in [-0.2, 0) is 22.6 Å². The van der Waals surface area contributed by atoms with Gasteiger partial charge in [0.1, 0.15) is 18.2 Å². The fourth-order valence-corrected chi connectivity index (χ4v) is 5.37. The minimum atomic E-state index is 0.0560. The summed E-state index contributed by atoms with van der Waals surface area (Å²) in [7, 11) is 2.11. The lowest BCUT2D eigenvalue weighted by Gasteiger charge is -2.25. The molecule has 1 saturated carbocycles. The molecule has 2 aliphatic heterocycles. The third-order valence-electron chi connectivity index (χ3n) is 7.05. The molecule has 0 amide bonds. The summed E-state index contributed by atoms with van der Waals surface area (Å²) in [5.74, 6) is 0.816. The minimum absolute atomic E-state index is 0.0560. The SMILES string of the molecule is CN(Cc1ccccc1)Cc1cn(C2COC3C(NCC4CCCCC4)COC32)nn1. The van der Waals surface area contributed by atoms with Gasteiger partial charge in [-0.2, -0.15) is 0 Å². The highest BCUT2D eigenvalue weighted by Crippen LogP contribution is 2.34. The third-order valence-corrected chi connectivity index (χ3v) is 7.05. The van der Waals surface area contributed by atoms with Crippen molar-refractivity contribution in [3.63, 3.8) is 0 Å². The number of benzene rings is 1. The Kier molecular flexibility index (Phi) is 6.64. The van der Waals surface area contributed by atoms with E-state index in [-0.39, 0.29) is 24.3 Å². The van der Waals surface area contributed by atoms with Crippen molar-refractivity contribution in [2.24, 2.45) is 5.92 Å².